The summed E-state index contributed by atoms with van der Waals surface area (Å²) in [7, 11) is 3.10. The van der Waals surface area contributed by atoms with Crippen LogP contribution in [-0.4, -0.2) is 36.6 Å². The Morgan fingerprint density at radius 3 is 3.00 bits per heavy atom. The normalized spacial score (nSPS) is 10.2. The zero-order valence-corrected chi connectivity index (χ0v) is 11.5. The summed E-state index contributed by atoms with van der Waals surface area (Å²) in [6.45, 7) is 2.22. The molecule has 0 fully saturated rings. The average molecular weight is 277 g/mol. The number of pyridine rings is 1. The molecule has 1 amide bonds. The number of rotatable bonds is 5. The van der Waals surface area contributed by atoms with Crippen LogP contribution in [0.5, 0.6) is 11.8 Å². The van der Waals surface area contributed by atoms with Crippen molar-refractivity contribution in [3.63, 3.8) is 0 Å². The highest BCUT2D eigenvalue weighted by atomic mass is 16.6. The first-order chi connectivity index (χ1) is 9.67. The number of amides is 1. The molecule has 0 spiro atoms. The summed E-state index contributed by atoms with van der Waals surface area (Å²) in [6, 6.07) is 3.45. The van der Waals surface area contributed by atoms with Crippen LogP contribution < -0.4 is 14.4 Å². The van der Waals surface area contributed by atoms with E-state index < -0.39 is 0 Å². The van der Waals surface area contributed by atoms with Crippen molar-refractivity contribution in [1.82, 2.24) is 9.97 Å². The van der Waals surface area contributed by atoms with Gasteiger partial charge in [0, 0.05) is 13.2 Å². The van der Waals surface area contributed by atoms with Crippen molar-refractivity contribution in [2.24, 2.45) is 0 Å². The van der Waals surface area contributed by atoms with Crippen LogP contribution in [0.2, 0.25) is 0 Å². The molecule has 0 aliphatic heterocycles. The Morgan fingerprint density at radius 1 is 1.50 bits per heavy atom. The molecule has 0 saturated carbocycles. The second-order valence-electron chi connectivity index (χ2n) is 3.83. The summed E-state index contributed by atoms with van der Waals surface area (Å²) in [4.78, 5) is 21.7. The SMILES string of the molecule is CCOc1nc(C(=O)N(C)c2ncccc2OC)co1. The number of aromatic nitrogens is 2. The van der Waals surface area contributed by atoms with E-state index in [2.05, 4.69) is 9.97 Å². The summed E-state index contributed by atoms with van der Waals surface area (Å²) < 4.78 is 15.3. The molecule has 0 saturated heterocycles. The molecule has 0 atom stereocenters. The molecule has 0 N–H and O–H groups in total. The maximum atomic E-state index is 12.3. The van der Waals surface area contributed by atoms with Gasteiger partial charge in [0.15, 0.2) is 17.3 Å². The summed E-state index contributed by atoms with van der Waals surface area (Å²) in [5.74, 6) is 0.537. The average Bonchev–Trinajstić information content (AvgIpc) is 2.94. The molecule has 0 aliphatic carbocycles. The van der Waals surface area contributed by atoms with Gasteiger partial charge in [-0.3, -0.25) is 9.69 Å². The molecule has 0 radical (unpaired) electrons. The lowest BCUT2D eigenvalue weighted by Crippen LogP contribution is -2.27. The highest BCUT2D eigenvalue weighted by Gasteiger charge is 2.21. The van der Waals surface area contributed by atoms with E-state index in [4.69, 9.17) is 13.9 Å². The topological polar surface area (TPSA) is 77.7 Å². The lowest BCUT2D eigenvalue weighted by molar-refractivity contribution is 0.0986. The molecule has 2 heterocycles. The summed E-state index contributed by atoms with van der Waals surface area (Å²) in [5, 5.41) is 0. The third kappa shape index (κ3) is 2.71. The van der Waals surface area contributed by atoms with E-state index >= 15 is 0 Å². The third-order valence-corrected chi connectivity index (χ3v) is 2.56. The van der Waals surface area contributed by atoms with Crippen LogP contribution in [0.1, 0.15) is 17.4 Å². The highest BCUT2D eigenvalue weighted by Crippen LogP contribution is 2.25. The van der Waals surface area contributed by atoms with E-state index in [1.54, 1.807) is 32.3 Å². The number of carbonyl (C=O) groups excluding carboxylic acids is 1. The first-order valence-electron chi connectivity index (χ1n) is 6.02. The van der Waals surface area contributed by atoms with Crippen LogP contribution in [0.15, 0.2) is 29.0 Å². The van der Waals surface area contributed by atoms with E-state index in [0.29, 0.717) is 18.2 Å². The van der Waals surface area contributed by atoms with Crippen LogP contribution >= 0.6 is 0 Å². The zero-order chi connectivity index (χ0) is 14.5. The van der Waals surface area contributed by atoms with Crippen molar-refractivity contribution in [3.8, 4) is 11.8 Å². The van der Waals surface area contributed by atoms with E-state index in [1.807, 2.05) is 0 Å². The Kier molecular flexibility index (Phi) is 4.19. The quantitative estimate of drug-likeness (QED) is 0.828. The lowest BCUT2D eigenvalue weighted by Gasteiger charge is -2.16. The van der Waals surface area contributed by atoms with Gasteiger partial charge in [-0.15, -0.1) is 0 Å². The number of oxazole rings is 1. The molecule has 7 nitrogen and oxygen atoms in total. The van der Waals surface area contributed by atoms with Gasteiger partial charge in [0.2, 0.25) is 0 Å². The lowest BCUT2D eigenvalue weighted by atomic mass is 10.3. The van der Waals surface area contributed by atoms with Crippen molar-refractivity contribution in [2.45, 2.75) is 6.92 Å². The minimum atomic E-state index is -0.364. The number of nitrogens with zero attached hydrogens (tertiary/aromatic N) is 3. The molecule has 106 valence electrons. The van der Waals surface area contributed by atoms with Gasteiger partial charge < -0.3 is 13.9 Å². The largest absolute Gasteiger partial charge is 0.493 e. The molecular formula is C13H15N3O4. The Balaban J connectivity index is 2.23. The second kappa shape index (κ2) is 6.05. The van der Waals surface area contributed by atoms with E-state index in [9.17, 15) is 4.79 Å². The Bertz CT molecular complexity index is 597. The van der Waals surface area contributed by atoms with E-state index in [0.717, 1.165) is 0 Å². The number of hydrogen-bond donors (Lipinski definition) is 0. The molecular weight excluding hydrogens is 262 g/mol. The van der Waals surface area contributed by atoms with Gasteiger partial charge in [-0.1, -0.05) is 0 Å². The maximum absolute atomic E-state index is 12.3. The minimum Gasteiger partial charge on any atom is -0.493 e. The third-order valence-electron chi connectivity index (χ3n) is 2.56. The fourth-order valence-electron chi connectivity index (χ4n) is 1.61. The van der Waals surface area contributed by atoms with Gasteiger partial charge in [-0.25, -0.2) is 4.98 Å². The van der Waals surface area contributed by atoms with Crippen LogP contribution in [0.4, 0.5) is 5.82 Å². The van der Waals surface area contributed by atoms with Crippen molar-refractivity contribution in [3.05, 3.63) is 30.3 Å². The molecule has 2 aromatic heterocycles. The summed E-state index contributed by atoms with van der Waals surface area (Å²) in [5.41, 5.74) is 0.142. The molecule has 0 bridgehead atoms. The molecule has 20 heavy (non-hydrogen) atoms. The van der Waals surface area contributed by atoms with Gasteiger partial charge >= 0.3 is 6.08 Å². The van der Waals surface area contributed by atoms with Gasteiger partial charge in [0.05, 0.1) is 13.7 Å². The van der Waals surface area contributed by atoms with Gasteiger partial charge in [0.25, 0.3) is 5.91 Å². The number of anilines is 1. The summed E-state index contributed by atoms with van der Waals surface area (Å²) >= 11 is 0. The van der Waals surface area contributed by atoms with E-state index in [1.165, 1.54) is 18.3 Å². The smallest absolute Gasteiger partial charge is 0.394 e. The molecule has 0 unspecified atom stereocenters. The number of hydrogen-bond acceptors (Lipinski definition) is 6. The van der Waals surface area contributed by atoms with Crippen molar-refractivity contribution >= 4 is 11.7 Å². The first kappa shape index (κ1) is 13.9. The van der Waals surface area contributed by atoms with Crippen molar-refractivity contribution < 1.29 is 18.7 Å². The summed E-state index contributed by atoms with van der Waals surface area (Å²) in [6.07, 6.45) is 2.90. The Hall–Kier alpha value is -2.57. The predicted octanol–water partition coefficient (Wildman–Crippen LogP) is 1.75. The Morgan fingerprint density at radius 2 is 2.30 bits per heavy atom. The zero-order valence-electron chi connectivity index (χ0n) is 11.5. The number of ether oxygens (including phenoxy) is 2. The number of methoxy groups -OCH3 is 1. The standard InChI is InChI=1S/C13H15N3O4/c1-4-19-13-15-9(8-20-13)12(17)16(2)11-10(18-3)6-5-7-14-11/h5-8H,4H2,1-3H3. The van der Waals surface area contributed by atoms with Crippen molar-refractivity contribution in [2.75, 3.05) is 25.7 Å². The molecule has 2 rings (SSSR count). The Labute approximate surface area is 116 Å². The highest BCUT2D eigenvalue weighted by molar-refractivity contribution is 6.04. The van der Waals surface area contributed by atoms with Crippen molar-refractivity contribution in [1.29, 1.82) is 0 Å². The fraction of sp³-hybridized carbons (Fsp3) is 0.308. The van der Waals surface area contributed by atoms with Gasteiger partial charge in [-0.05, 0) is 19.1 Å². The van der Waals surface area contributed by atoms with Crippen LogP contribution in [0.25, 0.3) is 0 Å². The van der Waals surface area contributed by atoms with Gasteiger partial charge in [0.1, 0.15) is 6.26 Å². The van der Waals surface area contributed by atoms with Gasteiger partial charge in [-0.2, -0.15) is 4.98 Å². The van der Waals surface area contributed by atoms with Crippen LogP contribution in [-0.2, 0) is 0 Å². The predicted molar refractivity (Wildman–Crippen MR) is 71.2 cm³/mol. The molecule has 2 aromatic rings. The van der Waals surface area contributed by atoms with Crippen LogP contribution in [0, 0.1) is 0 Å². The monoisotopic (exact) mass is 277 g/mol. The molecule has 0 aromatic carbocycles. The maximum Gasteiger partial charge on any atom is 0.394 e. The first-order valence-corrected chi connectivity index (χ1v) is 6.02. The minimum absolute atomic E-state index is 0.0669. The van der Waals surface area contributed by atoms with E-state index in [-0.39, 0.29) is 17.7 Å². The molecule has 0 aliphatic rings. The van der Waals surface area contributed by atoms with Crippen LogP contribution in [0.3, 0.4) is 0 Å². The second-order valence-corrected chi connectivity index (χ2v) is 3.83. The molecule has 7 heteroatoms. The fourth-order valence-corrected chi connectivity index (χ4v) is 1.61. The number of carbonyl (C=O) groups is 1.